The maximum atomic E-state index is 14.8. The number of nitro benzene ring substituents is 1. The lowest BCUT2D eigenvalue weighted by atomic mass is 10.1. The van der Waals surface area contributed by atoms with E-state index in [1.54, 1.807) is 49.6 Å². The summed E-state index contributed by atoms with van der Waals surface area (Å²) in [6.07, 6.45) is 0.590. The van der Waals surface area contributed by atoms with Crippen molar-refractivity contribution in [3.05, 3.63) is 124 Å². The van der Waals surface area contributed by atoms with E-state index in [0.717, 1.165) is 11.3 Å². The number of carbonyl (C=O) groups excluding carboxylic acids is 1. The van der Waals surface area contributed by atoms with Gasteiger partial charge >= 0.3 is 6.01 Å². The van der Waals surface area contributed by atoms with E-state index in [9.17, 15) is 19.3 Å². The molecule has 1 heterocycles. The van der Waals surface area contributed by atoms with E-state index in [1.165, 1.54) is 35.0 Å². The molecule has 0 fully saturated rings. The van der Waals surface area contributed by atoms with Crippen molar-refractivity contribution in [1.82, 2.24) is 14.8 Å². The molecule has 1 N–H and O–H groups in total. The molecule has 0 aliphatic rings. The number of nitrogens with one attached hydrogen (secondary N) is 1. The Morgan fingerprint density at radius 1 is 1.00 bits per heavy atom. The number of nitrogens with zero attached hydrogens (tertiary/aromatic N) is 4. The summed E-state index contributed by atoms with van der Waals surface area (Å²) in [6, 6.07) is 26.0. The third-order valence-electron chi connectivity index (χ3n) is 6.15. The van der Waals surface area contributed by atoms with Crippen LogP contribution < -0.4 is 14.8 Å². The van der Waals surface area contributed by atoms with Gasteiger partial charge in [-0.1, -0.05) is 36.4 Å². The van der Waals surface area contributed by atoms with E-state index in [1.807, 2.05) is 24.3 Å². The van der Waals surface area contributed by atoms with Gasteiger partial charge in [-0.2, -0.15) is 4.98 Å². The molecule has 0 bridgehead atoms. The van der Waals surface area contributed by atoms with E-state index in [2.05, 4.69) is 15.4 Å². The van der Waals surface area contributed by atoms with Gasteiger partial charge in [-0.05, 0) is 54.1 Å². The van der Waals surface area contributed by atoms with Crippen LogP contribution in [0.3, 0.4) is 0 Å². The van der Waals surface area contributed by atoms with Gasteiger partial charge in [0.25, 0.3) is 11.6 Å². The molecule has 4 aromatic carbocycles. The number of benzene rings is 4. The highest BCUT2D eigenvalue weighted by Crippen LogP contribution is 2.27. The van der Waals surface area contributed by atoms with Crippen LogP contribution >= 0.6 is 0 Å². The van der Waals surface area contributed by atoms with Crippen LogP contribution in [0, 0.1) is 15.9 Å². The van der Waals surface area contributed by atoms with Crippen LogP contribution in [0.1, 0.15) is 15.9 Å². The molecule has 41 heavy (non-hydrogen) atoms. The lowest BCUT2D eigenvalue weighted by Crippen LogP contribution is -2.12. The minimum absolute atomic E-state index is 0.0581. The number of rotatable bonds is 10. The van der Waals surface area contributed by atoms with Crippen LogP contribution in [0.15, 0.2) is 97.1 Å². The quantitative estimate of drug-likeness (QED) is 0.170. The van der Waals surface area contributed by atoms with Crippen molar-refractivity contribution in [2.75, 3.05) is 19.0 Å². The molecule has 11 heteroatoms. The number of nitro groups is 1. The van der Waals surface area contributed by atoms with Crippen molar-refractivity contribution in [2.45, 2.75) is 6.42 Å². The molecule has 0 radical (unpaired) electrons. The van der Waals surface area contributed by atoms with Crippen molar-refractivity contribution in [3.8, 4) is 28.8 Å². The first-order valence-electron chi connectivity index (χ1n) is 12.6. The molecule has 0 saturated heterocycles. The minimum Gasteiger partial charge on any atom is -0.497 e. The van der Waals surface area contributed by atoms with Crippen molar-refractivity contribution in [2.24, 2.45) is 0 Å². The molecule has 0 aliphatic heterocycles. The van der Waals surface area contributed by atoms with Crippen molar-refractivity contribution in [3.63, 3.8) is 0 Å². The number of aromatic nitrogens is 3. The molecule has 1 amide bonds. The maximum Gasteiger partial charge on any atom is 0.336 e. The smallest absolute Gasteiger partial charge is 0.336 e. The van der Waals surface area contributed by atoms with Gasteiger partial charge in [0.1, 0.15) is 11.6 Å². The lowest BCUT2D eigenvalue weighted by Gasteiger charge is -2.10. The van der Waals surface area contributed by atoms with Gasteiger partial charge in [0.2, 0.25) is 0 Å². The number of hydrogen-bond acceptors (Lipinski definition) is 7. The number of amides is 1. The summed E-state index contributed by atoms with van der Waals surface area (Å²) < 4.78 is 27.3. The average molecular weight is 554 g/mol. The maximum absolute atomic E-state index is 14.8. The number of anilines is 1. The Morgan fingerprint density at radius 2 is 1.78 bits per heavy atom. The molecule has 0 atom stereocenters. The molecule has 0 spiro atoms. The highest BCUT2D eigenvalue weighted by Gasteiger charge is 2.19. The van der Waals surface area contributed by atoms with E-state index in [4.69, 9.17) is 9.47 Å². The number of methoxy groups -OCH3 is 1. The SMILES string of the molecule is COc1ccc(CCOc2nc(-c3ccccc3F)n(-c3cccc(NC(=O)c4cccc([N+](=O)[O-])c4)c3)n2)cc1. The van der Waals surface area contributed by atoms with Crippen LogP contribution in [0.4, 0.5) is 15.8 Å². The number of non-ortho nitro benzene ring substituents is 1. The van der Waals surface area contributed by atoms with Gasteiger partial charge in [0.05, 0.1) is 29.9 Å². The van der Waals surface area contributed by atoms with E-state index < -0.39 is 16.6 Å². The highest BCUT2D eigenvalue weighted by atomic mass is 19.1. The second kappa shape index (κ2) is 12.1. The topological polar surface area (TPSA) is 121 Å². The first-order chi connectivity index (χ1) is 19.9. The zero-order chi connectivity index (χ0) is 28.8. The predicted octanol–water partition coefficient (Wildman–Crippen LogP) is 5.86. The Hall–Kier alpha value is -5.58. The van der Waals surface area contributed by atoms with Crippen LogP contribution in [0.25, 0.3) is 17.1 Å². The molecule has 10 nitrogen and oxygen atoms in total. The number of carbonyl (C=O) groups is 1. The third kappa shape index (κ3) is 6.36. The Bertz CT molecular complexity index is 1700. The summed E-state index contributed by atoms with van der Waals surface area (Å²) in [6.45, 7) is 0.284. The fourth-order valence-corrected chi connectivity index (χ4v) is 4.08. The lowest BCUT2D eigenvalue weighted by molar-refractivity contribution is -0.384. The fraction of sp³-hybridized carbons (Fsp3) is 0.100. The van der Waals surface area contributed by atoms with Crippen molar-refractivity contribution in [1.29, 1.82) is 0 Å². The molecule has 0 unspecified atom stereocenters. The first kappa shape index (κ1) is 27.0. The normalized spacial score (nSPS) is 10.7. The van der Waals surface area contributed by atoms with Crippen LogP contribution in [-0.4, -0.2) is 39.3 Å². The van der Waals surface area contributed by atoms with Gasteiger partial charge in [-0.25, -0.2) is 9.07 Å². The number of hydrogen-bond donors (Lipinski definition) is 1. The molecular weight excluding hydrogens is 529 g/mol. The van der Waals surface area contributed by atoms with Crippen LogP contribution in [0.2, 0.25) is 0 Å². The summed E-state index contributed by atoms with van der Waals surface area (Å²) in [7, 11) is 1.61. The highest BCUT2D eigenvalue weighted by molar-refractivity contribution is 6.04. The van der Waals surface area contributed by atoms with E-state index >= 15 is 0 Å². The largest absolute Gasteiger partial charge is 0.497 e. The monoisotopic (exact) mass is 553 g/mol. The summed E-state index contributed by atoms with van der Waals surface area (Å²) >= 11 is 0. The number of halogens is 1. The molecule has 206 valence electrons. The van der Waals surface area contributed by atoms with Crippen molar-refractivity contribution < 1.29 is 23.6 Å². The molecule has 5 aromatic rings. The molecule has 0 saturated carbocycles. The zero-order valence-electron chi connectivity index (χ0n) is 21.9. The first-order valence-corrected chi connectivity index (χ1v) is 12.6. The Morgan fingerprint density at radius 3 is 2.54 bits per heavy atom. The van der Waals surface area contributed by atoms with E-state index in [0.29, 0.717) is 17.8 Å². The zero-order valence-corrected chi connectivity index (χ0v) is 21.9. The second-order valence-corrected chi connectivity index (χ2v) is 8.87. The molecule has 1 aromatic heterocycles. The van der Waals surface area contributed by atoms with Crippen molar-refractivity contribution >= 4 is 17.3 Å². The Balaban J connectivity index is 1.40. The molecular formula is C30H24FN5O5. The van der Waals surface area contributed by atoms with Gasteiger partial charge in [0.15, 0.2) is 5.82 Å². The molecule has 0 aliphatic carbocycles. The van der Waals surface area contributed by atoms with Gasteiger partial charge in [0, 0.05) is 29.8 Å². The van der Waals surface area contributed by atoms with Crippen LogP contribution in [0.5, 0.6) is 11.8 Å². The fourth-order valence-electron chi connectivity index (χ4n) is 4.08. The predicted molar refractivity (Wildman–Crippen MR) is 150 cm³/mol. The van der Waals surface area contributed by atoms with Gasteiger partial charge in [-0.15, -0.1) is 5.10 Å². The Labute approximate surface area is 234 Å². The Kier molecular flexibility index (Phi) is 7.95. The second-order valence-electron chi connectivity index (χ2n) is 8.87. The molecule has 5 rings (SSSR count). The summed E-state index contributed by atoms with van der Waals surface area (Å²) in [5.41, 5.74) is 2.07. The summed E-state index contributed by atoms with van der Waals surface area (Å²) in [5.74, 6) is -0.0415. The standard InChI is InChI=1S/C30H24FN5O5/c1-40-25-14-12-20(13-15-25)16-17-41-30-33-28(26-10-2-3-11-27(26)31)35(34-30)23-8-5-7-22(19-23)32-29(37)21-6-4-9-24(18-21)36(38)39/h2-15,18-19H,16-17H2,1H3,(H,32,37). The average Bonchev–Trinajstić information content (AvgIpc) is 3.42. The summed E-state index contributed by atoms with van der Waals surface area (Å²) in [4.78, 5) is 27.8. The summed E-state index contributed by atoms with van der Waals surface area (Å²) in [5, 5.41) is 18.3. The minimum atomic E-state index is -0.566. The van der Waals surface area contributed by atoms with Crippen LogP contribution in [-0.2, 0) is 6.42 Å². The third-order valence-corrected chi connectivity index (χ3v) is 6.15. The van der Waals surface area contributed by atoms with Gasteiger partial charge in [-0.3, -0.25) is 14.9 Å². The van der Waals surface area contributed by atoms with Gasteiger partial charge < -0.3 is 14.8 Å². The number of ether oxygens (including phenoxy) is 2. The van der Waals surface area contributed by atoms with E-state index in [-0.39, 0.29) is 35.3 Å².